The minimum absolute atomic E-state index is 0.0465. The Labute approximate surface area is 190 Å². The molecule has 0 atom stereocenters. The van der Waals surface area contributed by atoms with Crippen molar-refractivity contribution in [2.75, 3.05) is 20.4 Å². The van der Waals surface area contributed by atoms with Gasteiger partial charge in [0.2, 0.25) is 12.7 Å². The molecule has 2 aromatic rings. The van der Waals surface area contributed by atoms with Gasteiger partial charge >= 0.3 is 0 Å². The molecule has 6 nitrogen and oxygen atoms in total. The van der Waals surface area contributed by atoms with E-state index in [0.29, 0.717) is 46.7 Å². The lowest BCUT2D eigenvalue weighted by Crippen LogP contribution is -2.31. The SMILES string of the molecule is CN(Cc1ccccc1)C(=O)CCCN1C(=O)/C(=C/c2ccc3c(c2)OCO3)SC1=S. The maximum Gasteiger partial charge on any atom is 0.266 e. The molecule has 0 aromatic heterocycles. The number of ether oxygens (including phenoxy) is 2. The fraction of sp³-hybridized carbons (Fsp3) is 0.261. The zero-order chi connectivity index (χ0) is 21.8. The molecule has 160 valence electrons. The predicted octanol–water partition coefficient (Wildman–Crippen LogP) is 4.06. The van der Waals surface area contributed by atoms with Crippen LogP contribution in [0.5, 0.6) is 11.5 Å². The molecule has 8 heteroatoms. The molecular weight excluding hydrogens is 432 g/mol. The van der Waals surface area contributed by atoms with Crippen LogP contribution < -0.4 is 9.47 Å². The van der Waals surface area contributed by atoms with E-state index in [-0.39, 0.29) is 18.6 Å². The van der Waals surface area contributed by atoms with Crippen LogP contribution in [0.3, 0.4) is 0 Å². The average Bonchev–Trinajstić information content (AvgIpc) is 3.33. The van der Waals surface area contributed by atoms with Gasteiger partial charge in [0.15, 0.2) is 11.5 Å². The highest BCUT2D eigenvalue weighted by Crippen LogP contribution is 2.36. The molecular formula is C23H22N2O4S2. The number of fused-ring (bicyclic) bond motifs is 1. The van der Waals surface area contributed by atoms with Gasteiger partial charge in [-0.1, -0.05) is 60.4 Å². The lowest BCUT2D eigenvalue weighted by atomic mass is 10.2. The van der Waals surface area contributed by atoms with E-state index in [1.54, 1.807) is 22.9 Å². The van der Waals surface area contributed by atoms with Gasteiger partial charge < -0.3 is 14.4 Å². The summed E-state index contributed by atoms with van der Waals surface area (Å²) in [5.74, 6) is 1.29. The summed E-state index contributed by atoms with van der Waals surface area (Å²) in [4.78, 5) is 29.1. The van der Waals surface area contributed by atoms with E-state index < -0.39 is 0 Å². The van der Waals surface area contributed by atoms with E-state index >= 15 is 0 Å². The maximum atomic E-state index is 12.8. The Morgan fingerprint density at radius 3 is 2.77 bits per heavy atom. The highest BCUT2D eigenvalue weighted by Gasteiger charge is 2.31. The molecule has 2 aromatic carbocycles. The highest BCUT2D eigenvalue weighted by molar-refractivity contribution is 8.26. The summed E-state index contributed by atoms with van der Waals surface area (Å²) in [7, 11) is 1.79. The second-order valence-electron chi connectivity index (χ2n) is 7.28. The van der Waals surface area contributed by atoms with Crippen molar-refractivity contribution in [3.8, 4) is 11.5 Å². The van der Waals surface area contributed by atoms with Crippen LogP contribution in [-0.2, 0) is 16.1 Å². The third kappa shape index (κ3) is 5.08. The van der Waals surface area contributed by atoms with E-state index in [9.17, 15) is 9.59 Å². The molecule has 1 saturated heterocycles. The number of thioether (sulfide) groups is 1. The molecule has 0 bridgehead atoms. The number of carbonyl (C=O) groups is 2. The number of hydrogen-bond acceptors (Lipinski definition) is 6. The lowest BCUT2D eigenvalue weighted by Gasteiger charge is -2.19. The molecule has 0 spiro atoms. The van der Waals surface area contributed by atoms with Gasteiger partial charge in [0.05, 0.1) is 4.91 Å². The van der Waals surface area contributed by atoms with Gasteiger partial charge in [-0.25, -0.2) is 0 Å². The number of benzene rings is 2. The first-order valence-electron chi connectivity index (χ1n) is 9.94. The van der Waals surface area contributed by atoms with Crippen molar-refractivity contribution in [2.24, 2.45) is 0 Å². The number of amides is 2. The molecule has 0 radical (unpaired) electrons. The first kappa shape index (κ1) is 21.4. The van der Waals surface area contributed by atoms with E-state index in [4.69, 9.17) is 21.7 Å². The van der Waals surface area contributed by atoms with Crippen molar-refractivity contribution in [1.82, 2.24) is 9.80 Å². The molecule has 0 saturated carbocycles. The fourth-order valence-corrected chi connectivity index (χ4v) is 4.68. The average molecular weight is 455 g/mol. The minimum Gasteiger partial charge on any atom is -0.454 e. The molecule has 2 aliphatic heterocycles. The Morgan fingerprint density at radius 2 is 1.97 bits per heavy atom. The monoisotopic (exact) mass is 454 g/mol. The fourth-order valence-electron chi connectivity index (χ4n) is 3.37. The molecule has 0 N–H and O–H groups in total. The quantitative estimate of drug-likeness (QED) is 0.465. The molecule has 2 heterocycles. The summed E-state index contributed by atoms with van der Waals surface area (Å²) in [5, 5.41) is 0. The maximum absolute atomic E-state index is 12.8. The van der Waals surface area contributed by atoms with E-state index in [0.717, 1.165) is 11.1 Å². The predicted molar refractivity (Wildman–Crippen MR) is 125 cm³/mol. The molecule has 31 heavy (non-hydrogen) atoms. The van der Waals surface area contributed by atoms with Gasteiger partial charge in [0.1, 0.15) is 4.32 Å². The number of rotatable bonds is 7. The van der Waals surface area contributed by atoms with Gasteiger partial charge in [-0.15, -0.1) is 0 Å². The summed E-state index contributed by atoms with van der Waals surface area (Å²) >= 11 is 6.67. The Balaban J connectivity index is 1.30. The second-order valence-corrected chi connectivity index (χ2v) is 8.96. The second kappa shape index (κ2) is 9.53. The van der Waals surface area contributed by atoms with Crippen LogP contribution >= 0.6 is 24.0 Å². The van der Waals surface area contributed by atoms with Crippen LogP contribution in [-0.4, -0.2) is 46.3 Å². The topological polar surface area (TPSA) is 59.1 Å². The van der Waals surface area contributed by atoms with Crippen molar-refractivity contribution in [1.29, 1.82) is 0 Å². The van der Waals surface area contributed by atoms with Crippen LogP contribution in [0.15, 0.2) is 53.4 Å². The third-order valence-electron chi connectivity index (χ3n) is 5.03. The van der Waals surface area contributed by atoms with Crippen molar-refractivity contribution < 1.29 is 19.1 Å². The molecule has 0 unspecified atom stereocenters. The van der Waals surface area contributed by atoms with Crippen molar-refractivity contribution in [2.45, 2.75) is 19.4 Å². The number of nitrogens with zero attached hydrogens (tertiary/aromatic N) is 2. The Morgan fingerprint density at radius 1 is 1.19 bits per heavy atom. The number of thiocarbonyl (C=S) groups is 1. The van der Waals surface area contributed by atoms with Gasteiger partial charge in [0, 0.05) is 26.6 Å². The van der Waals surface area contributed by atoms with E-state index in [1.165, 1.54) is 11.8 Å². The highest BCUT2D eigenvalue weighted by atomic mass is 32.2. The summed E-state index contributed by atoms with van der Waals surface area (Å²) in [5.41, 5.74) is 1.94. The molecule has 2 amide bonds. The Bertz CT molecular complexity index is 1040. The van der Waals surface area contributed by atoms with Crippen LogP contribution in [0.1, 0.15) is 24.0 Å². The summed E-state index contributed by atoms with van der Waals surface area (Å²) in [6, 6.07) is 15.4. The van der Waals surface area contributed by atoms with Gasteiger partial charge in [-0.3, -0.25) is 14.5 Å². The van der Waals surface area contributed by atoms with Gasteiger partial charge in [-0.05, 0) is 35.8 Å². The van der Waals surface area contributed by atoms with Crippen LogP contribution in [0.2, 0.25) is 0 Å². The minimum atomic E-state index is -0.127. The van der Waals surface area contributed by atoms with Crippen molar-refractivity contribution in [3.05, 3.63) is 64.6 Å². The molecule has 2 aliphatic rings. The van der Waals surface area contributed by atoms with Crippen molar-refractivity contribution >= 4 is 46.2 Å². The smallest absolute Gasteiger partial charge is 0.266 e. The third-order valence-corrected chi connectivity index (χ3v) is 6.41. The van der Waals surface area contributed by atoms with Crippen LogP contribution in [0.25, 0.3) is 6.08 Å². The van der Waals surface area contributed by atoms with Crippen molar-refractivity contribution in [3.63, 3.8) is 0 Å². The van der Waals surface area contributed by atoms with Gasteiger partial charge in [0.25, 0.3) is 5.91 Å². The summed E-state index contributed by atoms with van der Waals surface area (Å²) < 4.78 is 11.2. The van der Waals surface area contributed by atoms with Crippen LogP contribution in [0.4, 0.5) is 0 Å². The summed E-state index contributed by atoms with van der Waals surface area (Å²) in [6.07, 6.45) is 2.73. The lowest BCUT2D eigenvalue weighted by molar-refractivity contribution is -0.131. The van der Waals surface area contributed by atoms with Gasteiger partial charge in [-0.2, -0.15) is 0 Å². The van der Waals surface area contributed by atoms with Crippen LogP contribution in [0, 0.1) is 0 Å². The number of carbonyl (C=O) groups excluding carboxylic acids is 2. The normalized spacial score (nSPS) is 16.3. The Hall–Kier alpha value is -2.84. The molecule has 4 rings (SSSR count). The largest absolute Gasteiger partial charge is 0.454 e. The molecule has 1 fully saturated rings. The van der Waals surface area contributed by atoms with E-state index in [2.05, 4.69) is 0 Å². The zero-order valence-corrected chi connectivity index (χ0v) is 18.7. The standard InChI is InChI=1S/C23H22N2O4S2/c1-24(14-16-6-3-2-4-7-16)21(26)8-5-11-25-22(27)20(31-23(25)30)13-17-9-10-18-19(12-17)29-15-28-18/h2-4,6-7,9-10,12-13H,5,8,11,14-15H2,1H3/b20-13-. The van der Waals surface area contributed by atoms with E-state index in [1.807, 2.05) is 48.5 Å². The first-order valence-corrected chi connectivity index (χ1v) is 11.2. The molecule has 0 aliphatic carbocycles. The Kier molecular flexibility index (Phi) is 6.58. The zero-order valence-electron chi connectivity index (χ0n) is 17.1. The first-order chi connectivity index (χ1) is 15.0. The summed E-state index contributed by atoms with van der Waals surface area (Å²) in [6.45, 7) is 1.20. The number of hydrogen-bond donors (Lipinski definition) is 0.